The van der Waals surface area contributed by atoms with Crippen LogP contribution >= 0.6 is 11.6 Å². The standard InChI is InChI=1S/C21H12ClN3O/c22-15-8-5-13(6-9-15)20-23-12-24-21(25-20)14-7-10-17-16-3-1-2-4-18(16)26-19(17)11-14/h1-12H. The highest BCUT2D eigenvalue weighted by molar-refractivity contribution is 6.30. The van der Waals surface area contributed by atoms with E-state index in [1.54, 1.807) is 0 Å². The van der Waals surface area contributed by atoms with Crippen LogP contribution in [0.3, 0.4) is 0 Å². The van der Waals surface area contributed by atoms with Crippen LogP contribution in [0.5, 0.6) is 0 Å². The summed E-state index contributed by atoms with van der Waals surface area (Å²) in [5, 5.41) is 2.86. The Labute approximate surface area is 154 Å². The summed E-state index contributed by atoms with van der Waals surface area (Å²) in [5.74, 6) is 1.21. The molecule has 0 unspecified atom stereocenters. The number of nitrogens with zero attached hydrogens (tertiary/aromatic N) is 3. The second-order valence-corrected chi connectivity index (χ2v) is 6.39. The molecule has 0 spiro atoms. The van der Waals surface area contributed by atoms with Gasteiger partial charge in [-0.3, -0.25) is 0 Å². The van der Waals surface area contributed by atoms with Crippen molar-refractivity contribution in [2.24, 2.45) is 0 Å². The minimum absolute atomic E-state index is 0.604. The Hall–Kier alpha value is -3.24. The van der Waals surface area contributed by atoms with E-state index in [0.29, 0.717) is 16.7 Å². The first kappa shape index (κ1) is 15.0. The van der Waals surface area contributed by atoms with E-state index in [-0.39, 0.29) is 0 Å². The van der Waals surface area contributed by atoms with Gasteiger partial charge in [0, 0.05) is 26.9 Å². The third-order valence-electron chi connectivity index (χ3n) is 4.31. The van der Waals surface area contributed by atoms with Gasteiger partial charge in [-0.05, 0) is 42.5 Å². The maximum Gasteiger partial charge on any atom is 0.163 e. The molecule has 0 aliphatic carbocycles. The predicted molar refractivity (Wildman–Crippen MR) is 103 cm³/mol. The SMILES string of the molecule is Clc1ccc(-c2ncnc(-c3ccc4c(c3)oc3ccccc34)n2)cc1. The number of aromatic nitrogens is 3. The van der Waals surface area contributed by atoms with Crippen LogP contribution in [0, 0.1) is 0 Å². The quantitative estimate of drug-likeness (QED) is 0.403. The topological polar surface area (TPSA) is 51.8 Å². The van der Waals surface area contributed by atoms with E-state index < -0.39 is 0 Å². The van der Waals surface area contributed by atoms with Crippen LogP contribution in [0.15, 0.2) is 77.5 Å². The number of hydrogen-bond donors (Lipinski definition) is 0. The summed E-state index contributed by atoms with van der Waals surface area (Å²) in [6.07, 6.45) is 1.52. The average molecular weight is 358 g/mol. The van der Waals surface area contributed by atoms with E-state index in [2.05, 4.69) is 21.0 Å². The molecular weight excluding hydrogens is 346 g/mol. The first-order valence-electron chi connectivity index (χ1n) is 8.14. The highest BCUT2D eigenvalue weighted by Gasteiger charge is 2.10. The molecule has 0 N–H and O–H groups in total. The molecule has 26 heavy (non-hydrogen) atoms. The highest BCUT2D eigenvalue weighted by Crippen LogP contribution is 2.31. The third kappa shape index (κ3) is 2.52. The molecule has 0 bridgehead atoms. The van der Waals surface area contributed by atoms with Gasteiger partial charge in [-0.2, -0.15) is 0 Å². The Morgan fingerprint density at radius 3 is 2.23 bits per heavy atom. The summed E-state index contributed by atoms with van der Waals surface area (Å²) in [5.41, 5.74) is 3.46. The lowest BCUT2D eigenvalue weighted by molar-refractivity contribution is 0.669. The van der Waals surface area contributed by atoms with Crippen molar-refractivity contribution >= 4 is 33.5 Å². The molecule has 0 aliphatic heterocycles. The summed E-state index contributed by atoms with van der Waals surface area (Å²) in [6, 6.07) is 21.4. The smallest absolute Gasteiger partial charge is 0.163 e. The zero-order valence-corrected chi connectivity index (χ0v) is 14.3. The fourth-order valence-electron chi connectivity index (χ4n) is 3.04. The van der Waals surface area contributed by atoms with Gasteiger partial charge in [-0.25, -0.2) is 15.0 Å². The van der Waals surface area contributed by atoms with Gasteiger partial charge in [0.25, 0.3) is 0 Å². The number of para-hydroxylation sites is 1. The lowest BCUT2D eigenvalue weighted by Crippen LogP contribution is -1.94. The monoisotopic (exact) mass is 357 g/mol. The van der Waals surface area contributed by atoms with Crippen molar-refractivity contribution < 1.29 is 4.42 Å². The van der Waals surface area contributed by atoms with Crippen LogP contribution in [0.4, 0.5) is 0 Å². The molecule has 2 aromatic heterocycles. The third-order valence-corrected chi connectivity index (χ3v) is 4.56. The van der Waals surface area contributed by atoms with Crippen LogP contribution in [0.1, 0.15) is 0 Å². The summed E-state index contributed by atoms with van der Waals surface area (Å²) in [6.45, 7) is 0. The summed E-state index contributed by atoms with van der Waals surface area (Å²) >= 11 is 5.95. The largest absolute Gasteiger partial charge is 0.456 e. The van der Waals surface area contributed by atoms with Crippen LogP contribution < -0.4 is 0 Å². The van der Waals surface area contributed by atoms with E-state index >= 15 is 0 Å². The fraction of sp³-hybridized carbons (Fsp3) is 0. The molecule has 0 fully saturated rings. The van der Waals surface area contributed by atoms with Gasteiger partial charge >= 0.3 is 0 Å². The van der Waals surface area contributed by atoms with Crippen molar-refractivity contribution in [2.45, 2.75) is 0 Å². The van der Waals surface area contributed by atoms with Gasteiger partial charge in [0.05, 0.1) is 0 Å². The molecule has 5 rings (SSSR count). The molecule has 0 atom stereocenters. The van der Waals surface area contributed by atoms with Gasteiger partial charge in [-0.1, -0.05) is 35.9 Å². The van der Waals surface area contributed by atoms with E-state index in [1.807, 2.05) is 60.7 Å². The molecular formula is C21H12ClN3O. The number of fused-ring (bicyclic) bond motifs is 3. The molecule has 0 aliphatic rings. The molecule has 5 aromatic rings. The lowest BCUT2D eigenvalue weighted by atomic mass is 10.1. The van der Waals surface area contributed by atoms with E-state index in [0.717, 1.165) is 33.1 Å². The molecule has 5 heteroatoms. The minimum Gasteiger partial charge on any atom is -0.456 e. The lowest BCUT2D eigenvalue weighted by Gasteiger charge is -2.03. The second kappa shape index (κ2) is 5.93. The van der Waals surface area contributed by atoms with Crippen molar-refractivity contribution in [3.63, 3.8) is 0 Å². The average Bonchev–Trinajstić information content (AvgIpc) is 3.06. The minimum atomic E-state index is 0.604. The number of halogens is 1. The van der Waals surface area contributed by atoms with Crippen LogP contribution in [0.25, 0.3) is 44.7 Å². The maximum atomic E-state index is 5.96. The molecule has 3 aromatic carbocycles. The maximum absolute atomic E-state index is 5.96. The van der Waals surface area contributed by atoms with Gasteiger partial charge in [0.15, 0.2) is 11.6 Å². The second-order valence-electron chi connectivity index (χ2n) is 5.95. The Bertz CT molecular complexity index is 1250. The van der Waals surface area contributed by atoms with Crippen molar-refractivity contribution in [1.29, 1.82) is 0 Å². The predicted octanol–water partition coefficient (Wildman–Crippen LogP) is 5.76. The molecule has 0 radical (unpaired) electrons. The van der Waals surface area contributed by atoms with E-state index in [4.69, 9.17) is 16.0 Å². The molecule has 124 valence electrons. The van der Waals surface area contributed by atoms with Crippen LogP contribution in [0.2, 0.25) is 5.02 Å². The Kier molecular flexibility index (Phi) is 3.43. The molecule has 0 saturated carbocycles. The van der Waals surface area contributed by atoms with Crippen LogP contribution in [-0.4, -0.2) is 15.0 Å². The zero-order valence-electron chi connectivity index (χ0n) is 13.6. The van der Waals surface area contributed by atoms with Gasteiger partial charge < -0.3 is 4.42 Å². The van der Waals surface area contributed by atoms with Gasteiger partial charge in [-0.15, -0.1) is 0 Å². The Morgan fingerprint density at radius 2 is 1.38 bits per heavy atom. The van der Waals surface area contributed by atoms with Gasteiger partial charge in [0.1, 0.15) is 17.5 Å². The summed E-state index contributed by atoms with van der Waals surface area (Å²) in [7, 11) is 0. The van der Waals surface area contributed by atoms with E-state index in [1.165, 1.54) is 6.33 Å². The zero-order chi connectivity index (χ0) is 17.5. The first-order chi connectivity index (χ1) is 12.8. The Morgan fingerprint density at radius 1 is 0.692 bits per heavy atom. The molecule has 4 nitrogen and oxygen atoms in total. The van der Waals surface area contributed by atoms with Gasteiger partial charge in [0.2, 0.25) is 0 Å². The van der Waals surface area contributed by atoms with Crippen LogP contribution in [-0.2, 0) is 0 Å². The molecule has 0 amide bonds. The van der Waals surface area contributed by atoms with Crippen molar-refractivity contribution in [3.8, 4) is 22.8 Å². The molecule has 2 heterocycles. The first-order valence-corrected chi connectivity index (χ1v) is 8.52. The summed E-state index contributed by atoms with van der Waals surface area (Å²) < 4.78 is 5.96. The number of rotatable bonds is 2. The number of furan rings is 1. The normalized spacial score (nSPS) is 11.3. The van der Waals surface area contributed by atoms with Crippen molar-refractivity contribution in [1.82, 2.24) is 15.0 Å². The Balaban J connectivity index is 1.62. The number of hydrogen-bond acceptors (Lipinski definition) is 4. The molecule has 0 saturated heterocycles. The van der Waals surface area contributed by atoms with Crippen molar-refractivity contribution in [2.75, 3.05) is 0 Å². The van der Waals surface area contributed by atoms with E-state index in [9.17, 15) is 0 Å². The highest BCUT2D eigenvalue weighted by atomic mass is 35.5. The summed E-state index contributed by atoms with van der Waals surface area (Å²) in [4.78, 5) is 13.2. The van der Waals surface area contributed by atoms with Crippen molar-refractivity contribution in [3.05, 3.63) is 78.1 Å². The fourth-order valence-corrected chi connectivity index (χ4v) is 3.16. The number of benzene rings is 3.